The Balaban J connectivity index is 1.85. The Morgan fingerprint density at radius 3 is 2.90 bits per heavy atom. The Morgan fingerprint density at radius 2 is 2.24 bits per heavy atom. The molecule has 1 aliphatic rings. The van der Waals surface area contributed by atoms with Crippen LogP contribution in [0.25, 0.3) is 0 Å². The summed E-state index contributed by atoms with van der Waals surface area (Å²) in [7, 11) is 0. The normalized spacial score (nSPS) is 17.8. The van der Waals surface area contributed by atoms with Crippen molar-refractivity contribution in [3.63, 3.8) is 0 Å². The first-order valence-corrected chi connectivity index (χ1v) is 7.76. The molecule has 21 heavy (non-hydrogen) atoms. The molecule has 0 aromatic heterocycles. The van der Waals surface area contributed by atoms with E-state index in [-0.39, 0.29) is 18.9 Å². The lowest BCUT2D eigenvalue weighted by Crippen LogP contribution is -2.40. The first-order chi connectivity index (χ1) is 9.99. The molecule has 5 nitrogen and oxygen atoms in total. The van der Waals surface area contributed by atoms with E-state index in [1.54, 1.807) is 18.2 Å². The van der Waals surface area contributed by atoms with Gasteiger partial charge in [0.1, 0.15) is 11.8 Å². The Kier molecular flexibility index (Phi) is 5.47. The highest BCUT2D eigenvalue weighted by Gasteiger charge is 2.33. The molecule has 1 atom stereocenters. The lowest BCUT2D eigenvalue weighted by Gasteiger charge is -2.21. The Labute approximate surface area is 136 Å². The second-order valence-corrected chi connectivity index (χ2v) is 6.05. The van der Waals surface area contributed by atoms with E-state index < -0.39 is 12.0 Å². The van der Waals surface area contributed by atoms with Crippen LogP contribution < -0.4 is 4.74 Å². The van der Waals surface area contributed by atoms with Crippen molar-refractivity contribution >= 4 is 39.4 Å². The van der Waals surface area contributed by atoms with E-state index in [4.69, 9.17) is 21.4 Å². The molecule has 1 fully saturated rings. The second kappa shape index (κ2) is 7.13. The summed E-state index contributed by atoms with van der Waals surface area (Å²) in [6.45, 7) is 0.697. The quantitative estimate of drug-likeness (QED) is 0.858. The van der Waals surface area contributed by atoms with E-state index in [1.807, 2.05) is 0 Å². The van der Waals surface area contributed by atoms with Crippen LogP contribution >= 0.6 is 27.5 Å². The molecule has 1 unspecified atom stereocenters. The van der Waals surface area contributed by atoms with E-state index in [1.165, 1.54) is 4.90 Å². The summed E-state index contributed by atoms with van der Waals surface area (Å²) in [4.78, 5) is 24.5. The molecular formula is C14H15BrClNO4. The minimum absolute atomic E-state index is 0.152. The van der Waals surface area contributed by atoms with Gasteiger partial charge in [0.2, 0.25) is 5.91 Å². The fourth-order valence-electron chi connectivity index (χ4n) is 2.31. The molecule has 1 N–H and O–H groups in total. The van der Waals surface area contributed by atoms with Gasteiger partial charge in [0, 0.05) is 11.6 Å². The summed E-state index contributed by atoms with van der Waals surface area (Å²) in [5.41, 5.74) is 0. The van der Waals surface area contributed by atoms with Gasteiger partial charge in [-0.25, -0.2) is 4.79 Å². The number of halogens is 2. The van der Waals surface area contributed by atoms with Gasteiger partial charge >= 0.3 is 5.97 Å². The number of ether oxygens (including phenoxy) is 1. The largest absolute Gasteiger partial charge is 0.492 e. The zero-order chi connectivity index (χ0) is 15.4. The fourth-order valence-corrected chi connectivity index (χ4v) is 3.10. The third-order valence-electron chi connectivity index (χ3n) is 3.33. The van der Waals surface area contributed by atoms with Gasteiger partial charge in [-0.3, -0.25) is 4.79 Å². The van der Waals surface area contributed by atoms with Gasteiger partial charge in [-0.15, -0.1) is 0 Å². The number of benzene rings is 1. The maximum Gasteiger partial charge on any atom is 0.326 e. The number of amides is 1. The van der Waals surface area contributed by atoms with Crippen LogP contribution in [0, 0.1) is 0 Å². The van der Waals surface area contributed by atoms with Crippen LogP contribution in [0.1, 0.15) is 19.3 Å². The van der Waals surface area contributed by atoms with Crippen LogP contribution in [0.15, 0.2) is 22.7 Å². The number of carboxylic acids is 1. The molecule has 1 heterocycles. The molecule has 1 saturated heterocycles. The van der Waals surface area contributed by atoms with Crippen molar-refractivity contribution in [3.05, 3.63) is 27.7 Å². The third kappa shape index (κ3) is 4.11. The van der Waals surface area contributed by atoms with E-state index in [2.05, 4.69) is 15.9 Å². The highest BCUT2D eigenvalue weighted by Crippen LogP contribution is 2.28. The van der Waals surface area contributed by atoms with Crippen molar-refractivity contribution < 1.29 is 19.4 Å². The lowest BCUT2D eigenvalue weighted by molar-refractivity contribution is -0.148. The molecule has 0 bridgehead atoms. The van der Waals surface area contributed by atoms with Crippen molar-refractivity contribution in [1.29, 1.82) is 0 Å². The van der Waals surface area contributed by atoms with Gasteiger partial charge in [-0.2, -0.15) is 0 Å². The number of hydrogen-bond donors (Lipinski definition) is 1. The van der Waals surface area contributed by atoms with Crippen LogP contribution in [-0.2, 0) is 9.59 Å². The summed E-state index contributed by atoms with van der Waals surface area (Å²) in [5.74, 6) is -0.532. The van der Waals surface area contributed by atoms with Crippen LogP contribution in [0.2, 0.25) is 5.02 Å². The summed E-state index contributed by atoms with van der Waals surface area (Å²) in [5, 5.41) is 9.64. The molecule has 0 aliphatic carbocycles. The average Bonchev–Trinajstić information content (AvgIpc) is 2.90. The lowest BCUT2D eigenvalue weighted by atomic mass is 10.2. The van der Waals surface area contributed by atoms with Gasteiger partial charge in [0.25, 0.3) is 0 Å². The molecule has 1 aromatic rings. The predicted octanol–water partition coefficient (Wildman–Crippen LogP) is 2.95. The number of likely N-dealkylation sites (tertiary alicyclic amines) is 1. The zero-order valence-electron chi connectivity index (χ0n) is 11.2. The van der Waals surface area contributed by atoms with Crippen molar-refractivity contribution in [2.75, 3.05) is 13.2 Å². The number of carboxylic acid groups (broad SMARTS) is 1. The van der Waals surface area contributed by atoms with E-state index in [9.17, 15) is 9.59 Å². The molecule has 114 valence electrons. The number of nitrogens with zero attached hydrogens (tertiary/aromatic N) is 1. The van der Waals surface area contributed by atoms with E-state index >= 15 is 0 Å². The molecule has 0 spiro atoms. The first kappa shape index (κ1) is 16.1. The Bertz CT molecular complexity index is 552. The van der Waals surface area contributed by atoms with Gasteiger partial charge in [-0.05, 0) is 47.0 Å². The van der Waals surface area contributed by atoms with Crippen molar-refractivity contribution in [3.8, 4) is 5.75 Å². The SMILES string of the molecule is O=C(O)C1CCCN1C(=O)CCOc1ccc(Cl)cc1Br. The second-order valence-electron chi connectivity index (χ2n) is 4.76. The molecule has 1 aromatic carbocycles. The third-order valence-corrected chi connectivity index (χ3v) is 4.18. The van der Waals surface area contributed by atoms with Crippen LogP contribution in [0.5, 0.6) is 5.75 Å². The predicted molar refractivity (Wildman–Crippen MR) is 81.6 cm³/mol. The molecule has 1 amide bonds. The highest BCUT2D eigenvalue weighted by atomic mass is 79.9. The number of aliphatic carboxylic acids is 1. The van der Waals surface area contributed by atoms with Crippen molar-refractivity contribution in [2.45, 2.75) is 25.3 Å². The van der Waals surface area contributed by atoms with E-state index in [0.717, 1.165) is 6.42 Å². The zero-order valence-corrected chi connectivity index (χ0v) is 13.6. The van der Waals surface area contributed by atoms with Gasteiger partial charge < -0.3 is 14.7 Å². The summed E-state index contributed by atoms with van der Waals surface area (Å²) in [6.07, 6.45) is 1.40. The monoisotopic (exact) mass is 375 g/mol. The topological polar surface area (TPSA) is 66.8 Å². The minimum atomic E-state index is -0.942. The molecule has 0 saturated carbocycles. The maximum atomic E-state index is 12.0. The number of rotatable bonds is 5. The Hall–Kier alpha value is -1.27. The minimum Gasteiger partial charge on any atom is -0.492 e. The Morgan fingerprint density at radius 1 is 1.48 bits per heavy atom. The summed E-state index contributed by atoms with van der Waals surface area (Å²) in [6, 6.07) is 4.43. The maximum absolute atomic E-state index is 12.0. The number of carbonyl (C=O) groups excluding carboxylic acids is 1. The molecule has 1 aliphatic heterocycles. The van der Waals surface area contributed by atoms with Crippen LogP contribution in [0.4, 0.5) is 0 Å². The highest BCUT2D eigenvalue weighted by molar-refractivity contribution is 9.10. The molecular weight excluding hydrogens is 362 g/mol. The average molecular weight is 377 g/mol. The molecule has 2 rings (SSSR count). The fraction of sp³-hybridized carbons (Fsp3) is 0.429. The van der Waals surface area contributed by atoms with Gasteiger partial charge in [0.05, 0.1) is 17.5 Å². The van der Waals surface area contributed by atoms with Crippen LogP contribution in [-0.4, -0.2) is 41.1 Å². The standard InChI is InChI=1S/C14H15BrClNO4/c15-10-8-9(16)3-4-12(10)21-7-5-13(18)17-6-1-2-11(17)14(19)20/h3-4,8,11H,1-2,5-7H2,(H,19,20). The number of hydrogen-bond acceptors (Lipinski definition) is 3. The van der Waals surface area contributed by atoms with Crippen molar-refractivity contribution in [1.82, 2.24) is 4.90 Å². The van der Waals surface area contributed by atoms with Crippen LogP contribution in [0.3, 0.4) is 0 Å². The summed E-state index contributed by atoms with van der Waals surface area (Å²) >= 11 is 9.16. The molecule has 7 heteroatoms. The van der Waals surface area contributed by atoms with Gasteiger partial charge in [-0.1, -0.05) is 11.6 Å². The summed E-state index contributed by atoms with van der Waals surface area (Å²) < 4.78 is 6.23. The number of carbonyl (C=O) groups is 2. The first-order valence-electron chi connectivity index (χ1n) is 6.59. The van der Waals surface area contributed by atoms with E-state index in [0.29, 0.717) is 28.2 Å². The van der Waals surface area contributed by atoms with Crippen molar-refractivity contribution in [2.24, 2.45) is 0 Å². The smallest absolute Gasteiger partial charge is 0.326 e. The molecule has 0 radical (unpaired) electrons. The van der Waals surface area contributed by atoms with Gasteiger partial charge in [0.15, 0.2) is 0 Å².